The highest BCUT2D eigenvalue weighted by molar-refractivity contribution is 5.91. The first-order valence-corrected chi connectivity index (χ1v) is 6.30. The summed E-state index contributed by atoms with van der Waals surface area (Å²) in [6.45, 7) is 8.14. The lowest BCUT2D eigenvalue weighted by Gasteiger charge is -2.17. The Morgan fingerprint density at radius 1 is 1.29 bits per heavy atom. The molecule has 0 N–H and O–H groups in total. The minimum absolute atomic E-state index is 0.0825. The van der Waals surface area contributed by atoms with Gasteiger partial charge in [0, 0.05) is 11.5 Å². The SMILES string of the molecule is C=C1C(=O)OC2/C=C(/C)CC/C=C(/C)CCC12. The van der Waals surface area contributed by atoms with Crippen LogP contribution in [-0.2, 0) is 9.53 Å². The van der Waals surface area contributed by atoms with Crippen molar-refractivity contribution in [3.05, 3.63) is 35.5 Å². The number of hydrogen-bond acceptors (Lipinski definition) is 2. The lowest BCUT2D eigenvalue weighted by Crippen LogP contribution is -2.15. The van der Waals surface area contributed by atoms with Gasteiger partial charge in [0.05, 0.1) is 0 Å². The van der Waals surface area contributed by atoms with Crippen molar-refractivity contribution in [2.24, 2.45) is 5.92 Å². The van der Waals surface area contributed by atoms with E-state index in [1.807, 2.05) is 0 Å². The molecule has 0 aromatic heterocycles. The molecule has 2 rings (SSSR count). The van der Waals surface area contributed by atoms with Crippen LogP contribution in [0.1, 0.15) is 39.5 Å². The van der Waals surface area contributed by atoms with Crippen LogP contribution < -0.4 is 0 Å². The number of rotatable bonds is 0. The predicted octanol–water partition coefficient (Wildman–Crippen LogP) is 3.55. The number of fused-ring (bicyclic) bond motifs is 1. The molecule has 2 atom stereocenters. The summed E-state index contributed by atoms with van der Waals surface area (Å²) in [6.07, 6.45) is 8.45. The highest BCUT2D eigenvalue weighted by Gasteiger charge is 2.36. The van der Waals surface area contributed by atoms with Crippen molar-refractivity contribution in [2.45, 2.75) is 45.6 Å². The van der Waals surface area contributed by atoms with Crippen LogP contribution in [0.3, 0.4) is 0 Å². The van der Waals surface area contributed by atoms with Crippen LogP contribution in [0.15, 0.2) is 35.5 Å². The smallest absolute Gasteiger partial charge is 0.334 e. The molecular weight excluding hydrogens is 212 g/mol. The maximum Gasteiger partial charge on any atom is 0.334 e. The molecule has 0 radical (unpaired) electrons. The lowest BCUT2D eigenvalue weighted by atomic mass is 9.88. The number of carbonyl (C=O) groups excluding carboxylic acids is 1. The minimum Gasteiger partial charge on any atom is -0.454 e. The van der Waals surface area contributed by atoms with Crippen molar-refractivity contribution >= 4 is 5.97 Å². The summed E-state index contributed by atoms with van der Waals surface area (Å²) < 4.78 is 5.38. The lowest BCUT2D eigenvalue weighted by molar-refractivity contribution is -0.137. The fourth-order valence-electron chi connectivity index (χ4n) is 2.51. The maximum atomic E-state index is 11.6. The van der Waals surface area contributed by atoms with E-state index in [4.69, 9.17) is 4.74 Å². The topological polar surface area (TPSA) is 26.3 Å². The van der Waals surface area contributed by atoms with Crippen LogP contribution in [-0.4, -0.2) is 12.1 Å². The molecule has 1 aliphatic carbocycles. The molecule has 0 aromatic rings. The first-order chi connectivity index (χ1) is 8.08. The maximum absolute atomic E-state index is 11.6. The standard InChI is InChI=1S/C15H20O2/c1-10-5-4-6-11(2)9-14-13(8-7-10)12(3)15(16)17-14/h5,9,13-14H,3-4,6-8H2,1-2H3/b10-5-,11-9-. The Morgan fingerprint density at radius 2 is 2.06 bits per heavy atom. The summed E-state index contributed by atoms with van der Waals surface area (Å²) in [5.74, 6) is -0.0520. The van der Waals surface area contributed by atoms with Crippen molar-refractivity contribution in [1.82, 2.24) is 0 Å². The van der Waals surface area contributed by atoms with Crippen LogP contribution in [0.5, 0.6) is 0 Å². The van der Waals surface area contributed by atoms with E-state index in [0.29, 0.717) is 5.57 Å². The average molecular weight is 232 g/mol. The van der Waals surface area contributed by atoms with Gasteiger partial charge in [0.15, 0.2) is 0 Å². The number of allylic oxidation sites excluding steroid dienone is 3. The Kier molecular flexibility index (Phi) is 3.51. The summed E-state index contributed by atoms with van der Waals surface area (Å²) >= 11 is 0. The molecule has 2 unspecified atom stereocenters. The summed E-state index contributed by atoms with van der Waals surface area (Å²) in [7, 11) is 0. The van der Waals surface area contributed by atoms with E-state index in [-0.39, 0.29) is 18.0 Å². The van der Waals surface area contributed by atoms with E-state index < -0.39 is 0 Å². The first kappa shape index (κ1) is 12.2. The number of esters is 1. The Morgan fingerprint density at radius 3 is 2.82 bits per heavy atom. The van der Waals surface area contributed by atoms with E-state index in [1.54, 1.807) is 0 Å². The highest BCUT2D eigenvalue weighted by Crippen LogP contribution is 2.33. The Balaban J connectivity index is 2.24. The van der Waals surface area contributed by atoms with Crippen molar-refractivity contribution in [1.29, 1.82) is 0 Å². The van der Waals surface area contributed by atoms with Crippen LogP contribution in [0.4, 0.5) is 0 Å². The van der Waals surface area contributed by atoms with Crippen LogP contribution in [0.2, 0.25) is 0 Å². The molecule has 0 saturated carbocycles. The molecule has 2 nitrogen and oxygen atoms in total. The van der Waals surface area contributed by atoms with E-state index in [9.17, 15) is 4.79 Å². The third-order valence-electron chi connectivity index (χ3n) is 3.68. The molecule has 0 aromatic carbocycles. The Labute approximate surface area is 103 Å². The third-order valence-corrected chi connectivity index (χ3v) is 3.68. The van der Waals surface area contributed by atoms with Gasteiger partial charge in [-0.2, -0.15) is 0 Å². The van der Waals surface area contributed by atoms with Gasteiger partial charge >= 0.3 is 5.97 Å². The fourth-order valence-corrected chi connectivity index (χ4v) is 2.51. The van der Waals surface area contributed by atoms with Crippen LogP contribution >= 0.6 is 0 Å². The zero-order valence-corrected chi connectivity index (χ0v) is 10.7. The van der Waals surface area contributed by atoms with Crippen LogP contribution in [0.25, 0.3) is 0 Å². The van der Waals surface area contributed by atoms with Crippen molar-refractivity contribution in [3.8, 4) is 0 Å². The molecule has 2 heteroatoms. The van der Waals surface area contributed by atoms with Crippen molar-refractivity contribution in [3.63, 3.8) is 0 Å². The quantitative estimate of drug-likeness (QED) is 0.363. The van der Waals surface area contributed by atoms with E-state index in [0.717, 1.165) is 25.7 Å². The number of hydrogen-bond donors (Lipinski definition) is 0. The molecule has 1 heterocycles. The normalized spacial score (nSPS) is 36.4. The molecule has 0 spiro atoms. The van der Waals surface area contributed by atoms with Gasteiger partial charge in [0.1, 0.15) is 6.10 Å². The second kappa shape index (κ2) is 4.91. The second-order valence-corrected chi connectivity index (χ2v) is 5.14. The Hall–Kier alpha value is -1.31. The zero-order valence-electron chi connectivity index (χ0n) is 10.7. The molecular formula is C15H20O2. The third kappa shape index (κ3) is 2.68. The summed E-state index contributed by atoms with van der Waals surface area (Å²) in [4.78, 5) is 11.6. The minimum atomic E-state index is -0.218. The first-order valence-electron chi connectivity index (χ1n) is 6.30. The molecule has 1 saturated heterocycles. The van der Waals surface area contributed by atoms with E-state index >= 15 is 0 Å². The molecule has 2 aliphatic rings. The van der Waals surface area contributed by atoms with Gasteiger partial charge in [-0.15, -0.1) is 0 Å². The molecule has 0 bridgehead atoms. The molecule has 1 fully saturated rings. The molecule has 92 valence electrons. The summed E-state index contributed by atoms with van der Waals surface area (Å²) in [6, 6.07) is 0. The van der Waals surface area contributed by atoms with Crippen LogP contribution in [0, 0.1) is 5.92 Å². The van der Waals surface area contributed by atoms with Crippen molar-refractivity contribution < 1.29 is 9.53 Å². The monoisotopic (exact) mass is 232 g/mol. The second-order valence-electron chi connectivity index (χ2n) is 5.14. The van der Waals surface area contributed by atoms with Gasteiger partial charge in [-0.3, -0.25) is 0 Å². The van der Waals surface area contributed by atoms with E-state index in [2.05, 4.69) is 32.6 Å². The van der Waals surface area contributed by atoms with Gasteiger partial charge < -0.3 is 4.74 Å². The van der Waals surface area contributed by atoms with Gasteiger partial charge in [-0.05, 0) is 45.6 Å². The van der Waals surface area contributed by atoms with E-state index in [1.165, 1.54) is 11.1 Å². The van der Waals surface area contributed by atoms with Gasteiger partial charge in [0.2, 0.25) is 0 Å². The number of ether oxygens (including phenoxy) is 1. The molecule has 1 aliphatic heterocycles. The summed E-state index contributed by atoms with van der Waals surface area (Å²) in [5, 5.41) is 0. The number of carbonyl (C=O) groups is 1. The van der Waals surface area contributed by atoms with Crippen molar-refractivity contribution in [2.75, 3.05) is 0 Å². The predicted molar refractivity (Wildman–Crippen MR) is 68.5 cm³/mol. The van der Waals surface area contributed by atoms with Gasteiger partial charge in [0.25, 0.3) is 0 Å². The zero-order chi connectivity index (χ0) is 12.4. The van der Waals surface area contributed by atoms with Gasteiger partial charge in [-0.1, -0.05) is 23.8 Å². The van der Waals surface area contributed by atoms with Gasteiger partial charge in [-0.25, -0.2) is 4.79 Å². The Bertz CT molecular complexity index is 401. The molecule has 17 heavy (non-hydrogen) atoms. The molecule has 0 amide bonds. The largest absolute Gasteiger partial charge is 0.454 e. The fraction of sp³-hybridized carbons (Fsp3) is 0.533. The highest BCUT2D eigenvalue weighted by atomic mass is 16.5. The average Bonchev–Trinajstić information content (AvgIpc) is 2.52. The summed E-state index contributed by atoms with van der Waals surface area (Å²) in [5.41, 5.74) is 3.35.